The number of aliphatic carboxylic acids is 1. The van der Waals surface area contributed by atoms with E-state index < -0.39 is 90.3 Å². The number of para-hydroxylation sites is 1. The van der Waals surface area contributed by atoms with Crippen LogP contribution in [0.1, 0.15) is 210 Å². The third-order valence-corrected chi connectivity index (χ3v) is 27.4. The highest BCUT2D eigenvalue weighted by molar-refractivity contribution is 7.09. The number of urea groups is 1. The predicted octanol–water partition coefficient (Wildman–Crippen LogP) is 13.7. The van der Waals surface area contributed by atoms with Crippen LogP contribution >= 0.6 is 11.3 Å². The highest BCUT2D eigenvalue weighted by atomic mass is 32.1. The van der Waals surface area contributed by atoms with Crippen molar-refractivity contribution in [1.29, 1.82) is 0 Å². The van der Waals surface area contributed by atoms with Gasteiger partial charge in [-0.15, -0.1) is 11.3 Å². The number of ketones is 3. The van der Waals surface area contributed by atoms with Gasteiger partial charge >= 0.3 is 24.2 Å². The molecule has 0 radical (unpaired) electrons. The number of amides is 10. The number of aromatic nitrogens is 2. The molecular formula is C106H149N13O20S. The molecule has 1 fully saturated rings. The molecule has 1 saturated heterocycles. The Labute approximate surface area is 828 Å². The maximum atomic E-state index is 14.6. The molecule has 8 N–H and O–H groups in total. The maximum Gasteiger partial charge on any atom is 0.424 e. The van der Waals surface area contributed by atoms with Crippen molar-refractivity contribution in [3.63, 3.8) is 0 Å². The van der Waals surface area contributed by atoms with Gasteiger partial charge in [0.25, 0.3) is 0 Å². The smallest absolute Gasteiger partial charge is 0.424 e. The number of Topliss-reactive ketones (excluding diaryl/α,β-unsaturated/α-hetero) is 3. The van der Waals surface area contributed by atoms with E-state index in [4.69, 9.17) is 34.2 Å². The van der Waals surface area contributed by atoms with E-state index in [0.717, 1.165) is 67.0 Å². The first-order valence-corrected chi connectivity index (χ1v) is 49.8. The number of fused-ring (bicyclic) bond motifs is 4. The molecule has 0 unspecified atom stereocenters. The second-order valence-corrected chi connectivity index (χ2v) is 38.5. The fourth-order valence-electron chi connectivity index (χ4n) is 18.3. The summed E-state index contributed by atoms with van der Waals surface area (Å²) >= 11 is 1.49. The van der Waals surface area contributed by atoms with Gasteiger partial charge < -0.3 is 80.2 Å². The molecule has 2 aliphatic rings. The van der Waals surface area contributed by atoms with E-state index >= 15 is 0 Å². The van der Waals surface area contributed by atoms with Crippen molar-refractivity contribution in [3.05, 3.63) is 184 Å². The molecule has 5 aromatic carbocycles. The quantitative estimate of drug-likeness (QED) is 0.0137. The summed E-state index contributed by atoms with van der Waals surface area (Å²) in [7, 11) is 9.79. The van der Waals surface area contributed by atoms with Crippen LogP contribution in [0.4, 0.5) is 14.4 Å². The average Bonchev–Trinajstić information content (AvgIpc) is 1.61. The van der Waals surface area contributed by atoms with Crippen LogP contribution in [-0.2, 0) is 102 Å². The highest BCUT2D eigenvalue weighted by Crippen LogP contribution is 2.45. The Morgan fingerprint density at radius 2 is 1.28 bits per heavy atom. The van der Waals surface area contributed by atoms with E-state index in [9.17, 15) is 67.4 Å². The number of thiazole rings is 1. The number of rotatable bonds is 57. The first kappa shape index (κ1) is 113. The van der Waals surface area contributed by atoms with Gasteiger partial charge in [-0.2, -0.15) is 0 Å². The minimum absolute atomic E-state index is 0.00150. The van der Waals surface area contributed by atoms with Crippen molar-refractivity contribution in [1.82, 2.24) is 60.9 Å². The van der Waals surface area contributed by atoms with Crippen LogP contribution in [-0.4, -0.2) is 253 Å². The number of methoxy groups -OCH3 is 2. The van der Waals surface area contributed by atoms with Crippen molar-refractivity contribution < 1.29 is 95.9 Å². The van der Waals surface area contributed by atoms with Crippen LogP contribution < -0.4 is 32.3 Å². The lowest BCUT2D eigenvalue weighted by Gasteiger charge is -2.41. The largest absolute Gasteiger partial charge is 0.481 e. The van der Waals surface area contributed by atoms with Crippen LogP contribution in [0.2, 0.25) is 0 Å². The van der Waals surface area contributed by atoms with E-state index in [1.807, 2.05) is 193 Å². The summed E-state index contributed by atoms with van der Waals surface area (Å²) in [6.45, 7) is 22.9. The minimum atomic E-state index is -1.09. The monoisotopic (exact) mass is 1960 g/mol. The molecule has 764 valence electrons. The minimum Gasteiger partial charge on any atom is -0.481 e. The number of nitrogens with one attached hydrogen (secondary N) is 5. The molecule has 1 aliphatic heterocycles. The first-order valence-electron chi connectivity index (χ1n) is 49.0. The second-order valence-electron chi connectivity index (χ2n) is 37.5. The molecule has 7 aromatic rings. The number of nitrogens with zero attached hydrogens (tertiary/aromatic N) is 7. The number of hydrogen-bond donors (Lipinski definition) is 7. The number of carbonyl (C=O) groups excluding carboxylic acids is 12. The molecule has 2 aromatic heterocycles. The molecule has 12 atom stereocenters. The van der Waals surface area contributed by atoms with E-state index in [2.05, 4.69) is 55.8 Å². The summed E-state index contributed by atoms with van der Waals surface area (Å²) in [6, 6.07) is 38.2. The first-order chi connectivity index (χ1) is 66.9. The van der Waals surface area contributed by atoms with Gasteiger partial charge in [0.2, 0.25) is 35.4 Å². The van der Waals surface area contributed by atoms with Gasteiger partial charge in [0, 0.05) is 142 Å². The SMILES string of the molecule is CCC(=O)[C@H](CCCNC(N)=O)NC(=O)[C@@H](CC(=O)CCOCCOCCCC(=O)[C@H](CCC(=O)O)NC(=O)CCn1c(CN(C)N(C)C(=O)OCC2c3ccccc3-c3ccccc32)cc2ccccc21)C(C)C.CC[C@H](C)[C@@H]([C@@H](CC(=O)N1CCC[C@H]1[C@H](OC)[C@@H](C)C(=O)N[C@@H](Cc1ccccc1)c1nccs1)OC)N(C)C(=O)[C@@H](NC(=O)[C@H](C(C)C)N(C)C(=O)OCc1ccc(C)cc1)C(C)C. The third kappa shape index (κ3) is 33.4. The number of primary amides is 1. The predicted molar refractivity (Wildman–Crippen MR) is 536 cm³/mol. The Morgan fingerprint density at radius 3 is 1.89 bits per heavy atom. The van der Waals surface area contributed by atoms with Crippen LogP contribution in [0.3, 0.4) is 0 Å². The summed E-state index contributed by atoms with van der Waals surface area (Å²) in [5.41, 5.74) is 14.3. The Morgan fingerprint density at radius 1 is 0.629 bits per heavy atom. The van der Waals surface area contributed by atoms with Gasteiger partial charge in [-0.05, 0) is 126 Å². The second kappa shape index (κ2) is 57.2. The van der Waals surface area contributed by atoms with Crippen LogP contribution in [0.15, 0.2) is 145 Å². The van der Waals surface area contributed by atoms with Crippen LogP contribution in [0, 0.1) is 42.4 Å². The number of nitrogens with two attached hydrogens (primary N) is 1. The lowest BCUT2D eigenvalue weighted by Crippen LogP contribution is -2.60. The molecule has 0 saturated carbocycles. The molecule has 0 bridgehead atoms. The summed E-state index contributed by atoms with van der Waals surface area (Å²) in [6.07, 6.45) is 3.00. The van der Waals surface area contributed by atoms with Crippen LogP contribution in [0.25, 0.3) is 22.0 Å². The summed E-state index contributed by atoms with van der Waals surface area (Å²) in [5, 5.41) is 30.5. The third-order valence-electron chi connectivity index (χ3n) is 26.5. The van der Waals surface area contributed by atoms with Crippen molar-refractivity contribution in [2.75, 3.05) is 88.5 Å². The summed E-state index contributed by atoms with van der Waals surface area (Å²) in [5.74, 6) is -5.84. The Balaban J connectivity index is 0.000000347. The number of likely N-dealkylation sites (N-methyl/N-ethyl adjacent to an activating group) is 2. The van der Waals surface area contributed by atoms with E-state index in [1.165, 1.54) is 28.3 Å². The van der Waals surface area contributed by atoms with Crippen molar-refractivity contribution >= 4 is 99.2 Å². The Bertz CT molecular complexity index is 5140. The number of hydrazine groups is 1. The number of hydrogen-bond acceptors (Lipinski definition) is 22. The molecule has 1 aliphatic carbocycles. The number of aryl methyl sites for hydroxylation is 2. The van der Waals surface area contributed by atoms with Gasteiger partial charge in [0.15, 0.2) is 11.6 Å². The summed E-state index contributed by atoms with van der Waals surface area (Å²) < 4.78 is 36.9. The zero-order chi connectivity index (χ0) is 102. The number of benzene rings is 5. The fourth-order valence-corrected chi connectivity index (χ4v) is 19.0. The van der Waals surface area contributed by atoms with Gasteiger partial charge in [-0.1, -0.05) is 203 Å². The average molecular weight is 1960 g/mol. The molecule has 9 rings (SSSR count). The van der Waals surface area contributed by atoms with Crippen molar-refractivity contribution in [2.24, 2.45) is 41.2 Å². The molecule has 3 heterocycles. The molecule has 0 spiro atoms. The molecule has 140 heavy (non-hydrogen) atoms. The summed E-state index contributed by atoms with van der Waals surface area (Å²) in [4.78, 5) is 181. The van der Waals surface area contributed by atoms with E-state index in [-0.39, 0.29) is 187 Å². The van der Waals surface area contributed by atoms with Gasteiger partial charge in [0.1, 0.15) is 36.1 Å². The zero-order valence-electron chi connectivity index (χ0n) is 84.6. The number of carboxylic acids is 1. The molecule has 10 amide bonds. The van der Waals surface area contributed by atoms with Crippen molar-refractivity contribution in [2.45, 2.75) is 253 Å². The Hall–Kier alpha value is -11.8. The topological polar surface area (TPSA) is 418 Å². The highest BCUT2D eigenvalue weighted by Gasteiger charge is 2.45. The zero-order valence-corrected chi connectivity index (χ0v) is 85.4. The number of carboxylic acid groups (broad SMARTS) is 1. The van der Waals surface area contributed by atoms with Gasteiger partial charge in [0.05, 0.1) is 81.1 Å². The normalized spacial score (nSPS) is 15.2. The maximum absolute atomic E-state index is 14.6. The fraction of sp³-hybridized carbons (Fsp3) is 0.547. The van der Waals surface area contributed by atoms with Crippen molar-refractivity contribution in [3.8, 4) is 11.1 Å². The van der Waals surface area contributed by atoms with E-state index in [1.54, 1.807) is 58.4 Å². The molecule has 34 heteroatoms. The molecule has 33 nitrogen and oxygen atoms in total. The van der Waals surface area contributed by atoms with E-state index in [0.29, 0.717) is 51.6 Å². The number of likely N-dealkylation sites (tertiary alicyclic amines) is 1. The van der Waals surface area contributed by atoms with Crippen LogP contribution in [0.5, 0.6) is 0 Å². The van der Waals surface area contributed by atoms with Gasteiger partial charge in [-0.3, -0.25) is 52.8 Å². The lowest BCUT2D eigenvalue weighted by molar-refractivity contribution is -0.148. The Kier molecular flexibility index (Phi) is 46.3. The standard InChI is InChI=1S/C56H75N7O12.C50H74N6O8S/c1-6-50(65)47(20-13-27-58-55(57)71)60-54(70)45(37(2)3)34-40(64)26-30-74-32-31-73-29-14-22-51(66)48(23-24-53(68)69)59-52(67)25-28-63-39(33-38-15-7-12-21-49(38)63)35-61(4)62(5)56(72)75-36-46-43-18-10-8-16-41(43)42-17-9-11-19-44(42)46;1-13-34(7)44(54(9)49(60)42(31(2)3)53-47(59)43(32(4)5)55(10)50(61)64-30-37-23-21-33(6)22-24-37)40(62-11)29-41(57)56-26-17-20-39(56)45(63-12)35(8)46(58)52-38(48-51-25-27-65-48)28-36-18-15-14-16-19-36/h7-12,15-19,21,33,37,45-48H,6,13-14,20,22-32,34-36H2,1-5H3,(H,59,67)(H,60,70)(H,68,69)(H3,57,58,71);14-16,18-19,21-25,27,31-32,34-35,38-40,42-45H,13,17,20,26,28-30H2,1-12H3,(H,52,58)(H,53,59)/t45-,47-,48-;34-,35+,38-,39-,40+,42-,43-,44-,45+/m00/s1. The van der Waals surface area contributed by atoms with Gasteiger partial charge in [-0.25, -0.2) is 29.4 Å². The molecular weight excluding hydrogens is 1810 g/mol. The number of ether oxygens (including phenoxy) is 6. The lowest BCUT2D eigenvalue weighted by atomic mass is 9.88. The number of carbonyl (C=O) groups is 13.